The van der Waals surface area contributed by atoms with Crippen molar-refractivity contribution < 1.29 is 14.3 Å². The first-order valence-corrected chi connectivity index (χ1v) is 11.0. The molecule has 4 rings (SSSR count). The van der Waals surface area contributed by atoms with E-state index < -0.39 is 0 Å². The molecular weight excluding hydrogens is 410 g/mol. The van der Waals surface area contributed by atoms with Crippen LogP contribution < -0.4 is 5.32 Å². The molecule has 0 aliphatic heterocycles. The fourth-order valence-electron chi connectivity index (χ4n) is 3.43. The van der Waals surface area contributed by atoms with Gasteiger partial charge in [-0.15, -0.1) is 11.3 Å². The predicted molar refractivity (Wildman–Crippen MR) is 122 cm³/mol. The molecule has 0 bridgehead atoms. The molecule has 0 aliphatic carbocycles. The number of esters is 1. The van der Waals surface area contributed by atoms with Crippen LogP contribution in [0.5, 0.6) is 0 Å². The Morgan fingerprint density at radius 1 is 1.13 bits per heavy atom. The molecule has 0 atom stereocenters. The number of hydrogen-bond acceptors (Lipinski definition) is 5. The summed E-state index contributed by atoms with van der Waals surface area (Å²) in [6, 6.07) is 15.4. The number of para-hydroxylation sites is 2. The molecule has 0 unspecified atom stereocenters. The number of anilines is 1. The zero-order valence-electron chi connectivity index (χ0n) is 17.4. The number of ether oxygens (including phenoxy) is 1. The summed E-state index contributed by atoms with van der Waals surface area (Å²) in [4.78, 5) is 29.4. The maximum absolute atomic E-state index is 12.7. The quantitative estimate of drug-likeness (QED) is 0.418. The summed E-state index contributed by atoms with van der Waals surface area (Å²) in [5.41, 5.74) is 3.99. The van der Waals surface area contributed by atoms with Crippen LogP contribution in [0.15, 0.2) is 60.1 Å². The molecule has 1 N–H and O–H groups in total. The van der Waals surface area contributed by atoms with Crippen LogP contribution in [0.2, 0.25) is 0 Å². The second kappa shape index (κ2) is 9.14. The van der Waals surface area contributed by atoms with Crippen LogP contribution in [0.1, 0.15) is 33.5 Å². The standard InChI is InChI=1S/C24H23N3O3S/c1-3-27-13-19(18-9-5-7-11-21(18)27)24(29)30-14-17-15-31-23(25-17)12-22(28)26-20-10-6-4-8-16(20)2/h4-11,13,15H,3,12,14H2,1-2H3,(H,26,28). The maximum Gasteiger partial charge on any atom is 0.340 e. The summed E-state index contributed by atoms with van der Waals surface area (Å²) in [6.45, 7) is 4.82. The minimum Gasteiger partial charge on any atom is -0.455 e. The molecular formula is C24H23N3O3S. The van der Waals surface area contributed by atoms with E-state index in [9.17, 15) is 9.59 Å². The van der Waals surface area contributed by atoms with Gasteiger partial charge in [0.05, 0.1) is 17.7 Å². The lowest BCUT2D eigenvalue weighted by Gasteiger charge is -2.06. The minimum atomic E-state index is -0.379. The number of nitrogens with one attached hydrogen (secondary N) is 1. The first-order valence-electron chi connectivity index (χ1n) is 10.1. The molecule has 2 aromatic heterocycles. The van der Waals surface area contributed by atoms with Crippen molar-refractivity contribution in [3.63, 3.8) is 0 Å². The summed E-state index contributed by atoms with van der Waals surface area (Å²) in [5.74, 6) is -0.505. The van der Waals surface area contributed by atoms with Crippen molar-refractivity contribution in [2.24, 2.45) is 0 Å². The van der Waals surface area contributed by atoms with Gasteiger partial charge in [-0.05, 0) is 31.5 Å². The minimum absolute atomic E-state index is 0.0698. The summed E-state index contributed by atoms with van der Waals surface area (Å²) in [7, 11) is 0. The van der Waals surface area contributed by atoms with Gasteiger partial charge < -0.3 is 14.6 Å². The molecule has 7 heteroatoms. The van der Waals surface area contributed by atoms with Gasteiger partial charge in [-0.3, -0.25) is 4.79 Å². The molecule has 2 aromatic carbocycles. The van der Waals surface area contributed by atoms with Crippen LogP contribution in [0.4, 0.5) is 5.69 Å². The van der Waals surface area contributed by atoms with Gasteiger partial charge in [0.1, 0.15) is 11.6 Å². The molecule has 6 nitrogen and oxygen atoms in total. The van der Waals surface area contributed by atoms with Crippen molar-refractivity contribution in [1.29, 1.82) is 0 Å². The fraction of sp³-hybridized carbons (Fsp3) is 0.208. The molecule has 0 spiro atoms. The van der Waals surface area contributed by atoms with E-state index in [-0.39, 0.29) is 24.9 Å². The number of carbonyl (C=O) groups is 2. The number of benzene rings is 2. The highest BCUT2D eigenvalue weighted by Crippen LogP contribution is 2.23. The van der Waals surface area contributed by atoms with E-state index in [2.05, 4.69) is 10.3 Å². The van der Waals surface area contributed by atoms with Crippen LogP contribution in [0.3, 0.4) is 0 Å². The van der Waals surface area contributed by atoms with Crippen LogP contribution in [-0.4, -0.2) is 21.4 Å². The predicted octanol–water partition coefficient (Wildman–Crippen LogP) is 4.96. The monoisotopic (exact) mass is 433 g/mol. The average molecular weight is 434 g/mol. The summed E-state index contributed by atoms with van der Waals surface area (Å²) in [5, 5.41) is 6.28. The molecule has 2 heterocycles. The van der Waals surface area contributed by atoms with Crippen molar-refractivity contribution in [1.82, 2.24) is 9.55 Å². The van der Waals surface area contributed by atoms with Crippen molar-refractivity contribution in [2.45, 2.75) is 33.4 Å². The Morgan fingerprint density at radius 3 is 2.71 bits per heavy atom. The number of hydrogen-bond donors (Lipinski definition) is 1. The Bertz CT molecular complexity index is 1240. The van der Waals surface area contributed by atoms with Gasteiger partial charge in [-0.25, -0.2) is 9.78 Å². The fourth-order valence-corrected chi connectivity index (χ4v) is 4.21. The smallest absolute Gasteiger partial charge is 0.340 e. The molecule has 158 valence electrons. The lowest BCUT2D eigenvalue weighted by molar-refractivity contribution is -0.115. The highest BCUT2D eigenvalue weighted by atomic mass is 32.1. The zero-order valence-corrected chi connectivity index (χ0v) is 18.2. The second-order valence-electron chi connectivity index (χ2n) is 7.19. The number of aryl methyl sites for hydroxylation is 2. The van der Waals surface area contributed by atoms with Gasteiger partial charge in [-0.1, -0.05) is 36.4 Å². The summed E-state index contributed by atoms with van der Waals surface area (Å²) in [6.07, 6.45) is 2.01. The van der Waals surface area contributed by atoms with E-state index in [1.165, 1.54) is 11.3 Å². The molecule has 0 saturated heterocycles. The second-order valence-corrected chi connectivity index (χ2v) is 8.14. The average Bonchev–Trinajstić information content (AvgIpc) is 3.38. The van der Waals surface area contributed by atoms with E-state index in [1.807, 2.05) is 78.5 Å². The molecule has 1 amide bonds. The number of aromatic nitrogens is 2. The number of rotatable bonds is 7. The topological polar surface area (TPSA) is 73.2 Å². The van der Waals surface area contributed by atoms with E-state index >= 15 is 0 Å². The highest BCUT2D eigenvalue weighted by Gasteiger charge is 2.17. The van der Waals surface area contributed by atoms with Crippen LogP contribution in [0.25, 0.3) is 10.9 Å². The molecule has 0 aliphatic rings. The largest absolute Gasteiger partial charge is 0.455 e. The first-order chi connectivity index (χ1) is 15.0. The van der Waals surface area contributed by atoms with E-state index in [1.54, 1.807) is 0 Å². The van der Waals surface area contributed by atoms with Crippen LogP contribution in [-0.2, 0) is 29.1 Å². The van der Waals surface area contributed by atoms with Gasteiger partial charge in [0.15, 0.2) is 0 Å². The number of carbonyl (C=O) groups excluding carboxylic acids is 2. The van der Waals surface area contributed by atoms with Crippen LogP contribution in [0, 0.1) is 6.92 Å². The number of amides is 1. The Kier molecular flexibility index (Phi) is 6.13. The van der Waals surface area contributed by atoms with E-state index in [0.29, 0.717) is 16.3 Å². The molecule has 31 heavy (non-hydrogen) atoms. The van der Waals surface area contributed by atoms with Crippen molar-refractivity contribution in [3.05, 3.63) is 81.9 Å². The SMILES string of the molecule is CCn1cc(C(=O)OCc2csc(CC(=O)Nc3ccccc3C)n2)c2ccccc21. The Morgan fingerprint density at radius 2 is 1.90 bits per heavy atom. The van der Waals surface area contributed by atoms with Gasteiger partial charge in [0.2, 0.25) is 5.91 Å². The summed E-state index contributed by atoms with van der Waals surface area (Å²) >= 11 is 1.38. The van der Waals surface area contributed by atoms with Gasteiger partial charge in [0, 0.05) is 34.7 Å². The third-order valence-electron chi connectivity index (χ3n) is 5.03. The van der Waals surface area contributed by atoms with Gasteiger partial charge in [-0.2, -0.15) is 0 Å². The normalized spacial score (nSPS) is 10.9. The molecule has 0 radical (unpaired) electrons. The molecule has 0 saturated carbocycles. The van der Waals surface area contributed by atoms with E-state index in [4.69, 9.17) is 4.74 Å². The van der Waals surface area contributed by atoms with Gasteiger partial charge in [0.25, 0.3) is 0 Å². The van der Waals surface area contributed by atoms with Gasteiger partial charge >= 0.3 is 5.97 Å². The maximum atomic E-state index is 12.7. The first kappa shape index (κ1) is 20.8. The molecule has 0 fully saturated rings. The Labute approximate surface area is 184 Å². The third-order valence-corrected chi connectivity index (χ3v) is 5.93. The Balaban J connectivity index is 1.37. The number of nitrogens with zero attached hydrogens (tertiary/aromatic N) is 2. The zero-order chi connectivity index (χ0) is 21.8. The Hall–Kier alpha value is -3.45. The third kappa shape index (κ3) is 4.67. The lowest BCUT2D eigenvalue weighted by Crippen LogP contribution is -2.15. The van der Waals surface area contributed by atoms with Crippen molar-refractivity contribution in [3.8, 4) is 0 Å². The lowest BCUT2D eigenvalue weighted by atomic mass is 10.2. The van der Waals surface area contributed by atoms with Crippen molar-refractivity contribution in [2.75, 3.05) is 5.32 Å². The number of thiazole rings is 1. The highest BCUT2D eigenvalue weighted by molar-refractivity contribution is 7.09. The van der Waals surface area contributed by atoms with Crippen molar-refractivity contribution >= 4 is 39.8 Å². The summed E-state index contributed by atoms with van der Waals surface area (Å²) < 4.78 is 7.53. The van der Waals surface area contributed by atoms with Crippen LogP contribution >= 0.6 is 11.3 Å². The molecule has 4 aromatic rings. The number of fused-ring (bicyclic) bond motifs is 1. The van der Waals surface area contributed by atoms with E-state index in [0.717, 1.165) is 28.7 Å².